The Bertz CT molecular complexity index is 846. The Kier molecular flexibility index (Phi) is 5.11. The number of urea groups is 1. The van der Waals surface area contributed by atoms with Gasteiger partial charge in [-0.05, 0) is 31.7 Å². The molecule has 1 aliphatic heterocycles. The number of amides is 3. The molecule has 1 saturated heterocycles. The van der Waals surface area contributed by atoms with Crippen LogP contribution < -0.4 is 19.7 Å². The van der Waals surface area contributed by atoms with E-state index in [1.165, 1.54) is 0 Å². The number of aromatic hydroxyl groups is 1. The molecule has 0 atom stereocenters. The zero-order valence-corrected chi connectivity index (χ0v) is 14.9. The highest BCUT2D eigenvalue weighted by Gasteiger charge is 2.37. The number of hydrogen-bond acceptors (Lipinski definition) is 6. The number of aliphatic hydroxyl groups is 1. The number of nitrogens with zero attached hydrogens (tertiary/aromatic N) is 1. The summed E-state index contributed by atoms with van der Waals surface area (Å²) in [4.78, 5) is 23.3. The van der Waals surface area contributed by atoms with Gasteiger partial charge in [-0.3, -0.25) is 4.79 Å². The van der Waals surface area contributed by atoms with Crippen LogP contribution in [0.3, 0.4) is 0 Å². The number of benzene rings is 1. The van der Waals surface area contributed by atoms with Crippen LogP contribution in [0.25, 0.3) is 0 Å². The normalized spacial score (nSPS) is 24.4. The van der Waals surface area contributed by atoms with Crippen LogP contribution in [0.4, 0.5) is 20.6 Å². The molecular weight excluding hydrogens is 383 g/mol. The summed E-state index contributed by atoms with van der Waals surface area (Å²) < 4.78 is 40.1. The van der Waals surface area contributed by atoms with Crippen molar-refractivity contribution in [2.75, 3.05) is 16.2 Å². The maximum absolute atomic E-state index is 14.4. The number of rotatable bonds is 3. The van der Waals surface area contributed by atoms with Crippen LogP contribution in [-0.2, 0) is 15.0 Å². The van der Waals surface area contributed by atoms with Gasteiger partial charge in [-0.1, -0.05) is 0 Å². The Morgan fingerprint density at radius 1 is 1.26 bits per heavy atom. The third-order valence-corrected chi connectivity index (χ3v) is 5.78. The molecule has 1 aromatic carbocycles. The van der Waals surface area contributed by atoms with Crippen LogP contribution >= 0.6 is 0 Å². The molecule has 1 aromatic rings. The molecule has 0 spiro atoms. The van der Waals surface area contributed by atoms with Gasteiger partial charge in [-0.25, -0.2) is 18.2 Å². The summed E-state index contributed by atoms with van der Waals surface area (Å²) in [6.07, 6.45) is 2.01. The average Bonchev–Trinajstić information content (AvgIpc) is 2.81. The van der Waals surface area contributed by atoms with Gasteiger partial charge in [-0.2, -0.15) is 8.42 Å². The van der Waals surface area contributed by atoms with Gasteiger partial charge in [0.1, 0.15) is 18.0 Å². The maximum Gasteiger partial charge on any atom is 0.326 e. The Hall–Kier alpha value is -2.60. The predicted molar refractivity (Wildman–Crippen MR) is 92.9 cm³/mol. The molecule has 27 heavy (non-hydrogen) atoms. The first-order chi connectivity index (χ1) is 12.7. The van der Waals surface area contributed by atoms with Crippen molar-refractivity contribution in [2.24, 2.45) is 0 Å². The lowest BCUT2D eigenvalue weighted by Gasteiger charge is -2.26. The predicted octanol–water partition coefficient (Wildman–Crippen LogP) is 0.137. The molecule has 10 nitrogen and oxygen atoms in total. The number of carbonyl (C=O) groups is 2. The SMILES string of the molecule is O=C1CN(c2c(O)cc(NC(=O)NC3CCC(O)CC3)cc2F)S(=O)(=O)N1. The molecule has 148 valence electrons. The van der Waals surface area contributed by atoms with E-state index in [4.69, 9.17) is 0 Å². The minimum atomic E-state index is -4.28. The number of hydrogen-bond donors (Lipinski definition) is 5. The molecule has 1 saturated carbocycles. The molecule has 0 radical (unpaired) electrons. The lowest BCUT2D eigenvalue weighted by molar-refractivity contribution is -0.117. The van der Waals surface area contributed by atoms with E-state index in [0.717, 1.165) is 12.1 Å². The van der Waals surface area contributed by atoms with E-state index in [1.807, 2.05) is 0 Å². The third-order valence-electron chi connectivity index (χ3n) is 4.40. The summed E-state index contributed by atoms with van der Waals surface area (Å²) in [5.74, 6) is -2.72. The highest BCUT2D eigenvalue weighted by atomic mass is 32.2. The number of carbonyl (C=O) groups excluding carboxylic acids is 2. The van der Waals surface area contributed by atoms with Crippen LogP contribution in [0.2, 0.25) is 0 Å². The highest BCUT2D eigenvalue weighted by molar-refractivity contribution is 7.92. The smallest absolute Gasteiger partial charge is 0.326 e. The maximum atomic E-state index is 14.4. The second-order valence-electron chi connectivity index (χ2n) is 6.47. The van der Waals surface area contributed by atoms with Crippen molar-refractivity contribution in [3.8, 4) is 5.75 Å². The van der Waals surface area contributed by atoms with Gasteiger partial charge in [0.25, 0.3) is 5.91 Å². The van der Waals surface area contributed by atoms with Gasteiger partial charge in [0, 0.05) is 17.8 Å². The fourth-order valence-electron chi connectivity index (χ4n) is 3.12. The van der Waals surface area contributed by atoms with Gasteiger partial charge in [-0.15, -0.1) is 0 Å². The van der Waals surface area contributed by atoms with Gasteiger partial charge in [0.05, 0.1) is 6.10 Å². The van der Waals surface area contributed by atoms with Crippen LogP contribution in [0.1, 0.15) is 25.7 Å². The summed E-state index contributed by atoms with van der Waals surface area (Å²) >= 11 is 0. The van der Waals surface area contributed by atoms with Crippen LogP contribution in [0, 0.1) is 5.82 Å². The van der Waals surface area contributed by atoms with E-state index in [-0.39, 0.29) is 17.8 Å². The van der Waals surface area contributed by atoms with Crippen molar-refractivity contribution in [1.82, 2.24) is 10.0 Å². The third kappa shape index (κ3) is 4.22. The van der Waals surface area contributed by atoms with E-state index >= 15 is 0 Å². The Morgan fingerprint density at radius 2 is 1.93 bits per heavy atom. The van der Waals surface area contributed by atoms with Crippen molar-refractivity contribution in [3.63, 3.8) is 0 Å². The average molecular weight is 402 g/mol. The quantitative estimate of drug-likeness (QED) is 0.486. The monoisotopic (exact) mass is 402 g/mol. The van der Waals surface area contributed by atoms with E-state index < -0.39 is 45.9 Å². The molecule has 5 N–H and O–H groups in total. The zero-order chi connectivity index (χ0) is 19.8. The summed E-state index contributed by atoms with van der Waals surface area (Å²) in [6.45, 7) is -0.659. The molecule has 0 unspecified atom stereocenters. The first-order valence-electron chi connectivity index (χ1n) is 8.27. The van der Waals surface area contributed by atoms with Crippen LogP contribution in [0.5, 0.6) is 5.75 Å². The molecule has 1 aliphatic carbocycles. The molecule has 1 heterocycles. The molecule has 0 bridgehead atoms. The minimum Gasteiger partial charge on any atom is -0.506 e. The molecule has 2 aliphatic rings. The highest BCUT2D eigenvalue weighted by Crippen LogP contribution is 2.36. The fraction of sp³-hybridized carbons (Fsp3) is 0.467. The van der Waals surface area contributed by atoms with Crippen molar-refractivity contribution in [2.45, 2.75) is 37.8 Å². The standard InChI is InChI=1S/C15H19FN4O6S/c16-11-5-9(18-15(24)17-8-1-3-10(21)4-2-8)6-12(22)14(11)20-7-13(23)19-27(20,25)26/h5-6,8,10,21-22H,1-4,7H2,(H,19,23)(H2,17,18,24). The van der Waals surface area contributed by atoms with E-state index in [2.05, 4.69) is 10.6 Å². The molecule has 12 heteroatoms. The van der Waals surface area contributed by atoms with Gasteiger partial charge in [0.2, 0.25) is 0 Å². The van der Waals surface area contributed by atoms with Gasteiger partial charge in [0.15, 0.2) is 5.82 Å². The summed E-state index contributed by atoms with van der Waals surface area (Å²) in [6, 6.07) is 1.09. The van der Waals surface area contributed by atoms with Gasteiger partial charge >= 0.3 is 16.2 Å². The number of aliphatic hydroxyl groups excluding tert-OH is 1. The molecular formula is C15H19FN4O6S. The van der Waals surface area contributed by atoms with E-state index in [0.29, 0.717) is 30.0 Å². The molecule has 3 rings (SSSR count). The van der Waals surface area contributed by atoms with Gasteiger partial charge < -0.3 is 20.8 Å². The molecule has 0 aromatic heterocycles. The second kappa shape index (κ2) is 7.19. The Labute approximate surface area is 154 Å². The van der Waals surface area contributed by atoms with E-state index in [9.17, 15) is 32.6 Å². The van der Waals surface area contributed by atoms with Crippen molar-refractivity contribution >= 4 is 33.5 Å². The first-order valence-corrected chi connectivity index (χ1v) is 9.71. The number of halogens is 1. The first kappa shape index (κ1) is 19.2. The van der Waals surface area contributed by atoms with Crippen LogP contribution in [-0.4, -0.2) is 49.3 Å². The lowest BCUT2D eigenvalue weighted by atomic mass is 9.93. The van der Waals surface area contributed by atoms with Crippen LogP contribution in [0.15, 0.2) is 12.1 Å². The lowest BCUT2D eigenvalue weighted by Crippen LogP contribution is -2.40. The van der Waals surface area contributed by atoms with E-state index in [1.54, 1.807) is 4.72 Å². The largest absolute Gasteiger partial charge is 0.506 e. The zero-order valence-electron chi connectivity index (χ0n) is 14.1. The molecule has 2 fully saturated rings. The summed E-state index contributed by atoms with van der Waals surface area (Å²) in [5.41, 5.74) is -0.765. The molecule has 3 amide bonds. The fourth-order valence-corrected chi connectivity index (χ4v) is 4.29. The van der Waals surface area contributed by atoms with Crippen molar-refractivity contribution < 1.29 is 32.6 Å². The number of phenols is 1. The minimum absolute atomic E-state index is 0.0852. The second-order valence-corrected chi connectivity index (χ2v) is 8.06. The Morgan fingerprint density at radius 3 is 2.48 bits per heavy atom. The summed E-state index contributed by atoms with van der Waals surface area (Å²) in [7, 11) is -4.28. The number of anilines is 2. The number of nitrogens with one attached hydrogen (secondary N) is 3. The van der Waals surface area contributed by atoms with Crippen molar-refractivity contribution in [3.05, 3.63) is 17.9 Å². The summed E-state index contributed by atoms with van der Waals surface area (Å²) in [5, 5.41) is 24.5. The topological polar surface area (TPSA) is 148 Å². The Balaban J connectivity index is 1.71. The van der Waals surface area contributed by atoms with Crippen molar-refractivity contribution in [1.29, 1.82) is 0 Å². The number of phenolic OH excluding ortho intramolecular Hbond substituents is 1.